The predicted octanol–water partition coefficient (Wildman–Crippen LogP) is 2.85. The van der Waals surface area contributed by atoms with Gasteiger partial charge in [-0.3, -0.25) is 9.99 Å². The number of benzene rings is 2. The van der Waals surface area contributed by atoms with E-state index in [0.717, 1.165) is 11.1 Å². The zero-order valence-electron chi connectivity index (χ0n) is 10.6. The Labute approximate surface area is 115 Å². The lowest BCUT2D eigenvalue weighted by molar-refractivity contribution is -0.250. The Balaban J connectivity index is 1.65. The van der Waals surface area contributed by atoms with E-state index in [-0.39, 0.29) is 12.3 Å². The van der Waals surface area contributed by atoms with E-state index in [4.69, 9.17) is 9.78 Å². The topological polar surface area (TPSA) is 64.2 Å². The number of H-pyrrole nitrogens is 1. The van der Waals surface area contributed by atoms with E-state index < -0.39 is 5.97 Å². The average molecular weight is 268 g/mol. The van der Waals surface area contributed by atoms with Crippen molar-refractivity contribution in [1.29, 1.82) is 0 Å². The number of hydrogen-bond donors (Lipinski definition) is 1. The Morgan fingerprint density at radius 1 is 1.05 bits per heavy atom. The van der Waals surface area contributed by atoms with Crippen LogP contribution >= 0.6 is 0 Å². The first-order valence-corrected chi connectivity index (χ1v) is 6.15. The Morgan fingerprint density at radius 3 is 2.65 bits per heavy atom. The third kappa shape index (κ3) is 2.53. The SMILES string of the molecule is O=C(OOCc1ccccc1)c1n[nH]c2ccccc12. The normalized spacial score (nSPS) is 10.6. The van der Waals surface area contributed by atoms with Crippen LogP contribution in [-0.2, 0) is 16.4 Å². The van der Waals surface area contributed by atoms with Gasteiger partial charge in [-0.1, -0.05) is 48.5 Å². The van der Waals surface area contributed by atoms with E-state index in [9.17, 15) is 4.79 Å². The average Bonchev–Trinajstić information content (AvgIpc) is 2.92. The minimum absolute atomic E-state index is 0.203. The van der Waals surface area contributed by atoms with Crippen molar-refractivity contribution in [3.63, 3.8) is 0 Å². The van der Waals surface area contributed by atoms with Crippen LogP contribution < -0.4 is 0 Å². The van der Waals surface area contributed by atoms with Crippen molar-refractivity contribution < 1.29 is 14.6 Å². The van der Waals surface area contributed by atoms with Crippen molar-refractivity contribution in [3.8, 4) is 0 Å². The van der Waals surface area contributed by atoms with Crippen LogP contribution in [0.2, 0.25) is 0 Å². The molecule has 0 aliphatic carbocycles. The van der Waals surface area contributed by atoms with Gasteiger partial charge in [0.25, 0.3) is 0 Å². The Kier molecular flexibility index (Phi) is 3.43. The van der Waals surface area contributed by atoms with Gasteiger partial charge in [-0.25, -0.2) is 4.79 Å². The van der Waals surface area contributed by atoms with Gasteiger partial charge in [-0.05, 0) is 11.6 Å². The summed E-state index contributed by atoms with van der Waals surface area (Å²) in [5, 5.41) is 7.42. The molecule has 2 aromatic carbocycles. The first-order chi connectivity index (χ1) is 9.84. The molecule has 0 fully saturated rings. The van der Waals surface area contributed by atoms with Crippen molar-refractivity contribution in [1.82, 2.24) is 10.2 Å². The molecule has 3 rings (SSSR count). The number of para-hydroxylation sites is 1. The van der Waals surface area contributed by atoms with Gasteiger partial charge in [0.2, 0.25) is 0 Å². The second kappa shape index (κ2) is 5.54. The van der Waals surface area contributed by atoms with E-state index in [1.54, 1.807) is 6.07 Å². The van der Waals surface area contributed by atoms with Crippen molar-refractivity contribution in [3.05, 3.63) is 65.9 Å². The highest BCUT2D eigenvalue weighted by molar-refractivity contribution is 6.01. The maximum Gasteiger partial charge on any atom is 0.393 e. The van der Waals surface area contributed by atoms with Gasteiger partial charge < -0.3 is 0 Å². The first-order valence-electron chi connectivity index (χ1n) is 6.15. The number of hydrogen-bond acceptors (Lipinski definition) is 4. The minimum Gasteiger partial charge on any atom is -0.291 e. The van der Waals surface area contributed by atoms with Crippen molar-refractivity contribution >= 4 is 16.9 Å². The molecule has 0 amide bonds. The van der Waals surface area contributed by atoms with Crippen LogP contribution in [0.4, 0.5) is 0 Å². The summed E-state index contributed by atoms with van der Waals surface area (Å²) >= 11 is 0. The van der Waals surface area contributed by atoms with Crippen LogP contribution in [-0.4, -0.2) is 16.2 Å². The molecule has 5 nitrogen and oxygen atoms in total. The molecule has 0 bridgehead atoms. The van der Waals surface area contributed by atoms with Crippen LogP contribution in [0.15, 0.2) is 54.6 Å². The van der Waals surface area contributed by atoms with Crippen molar-refractivity contribution in [2.75, 3.05) is 0 Å². The molecule has 20 heavy (non-hydrogen) atoms. The molecule has 3 aromatic rings. The second-order valence-corrected chi connectivity index (χ2v) is 4.24. The van der Waals surface area contributed by atoms with Crippen molar-refractivity contribution in [2.24, 2.45) is 0 Å². The van der Waals surface area contributed by atoms with Crippen molar-refractivity contribution in [2.45, 2.75) is 6.61 Å². The number of aromatic nitrogens is 2. The summed E-state index contributed by atoms with van der Waals surface area (Å²) in [7, 11) is 0. The molecule has 0 atom stereocenters. The quantitative estimate of drug-likeness (QED) is 0.583. The summed E-state index contributed by atoms with van der Waals surface area (Å²) in [6.45, 7) is 0.203. The van der Waals surface area contributed by atoms with E-state index >= 15 is 0 Å². The van der Waals surface area contributed by atoms with Crippen LogP contribution in [0.3, 0.4) is 0 Å². The summed E-state index contributed by atoms with van der Waals surface area (Å²) in [5.41, 5.74) is 1.92. The number of aromatic amines is 1. The number of carbonyl (C=O) groups is 1. The molecule has 100 valence electrons. The van der Waals surface area contributed by atoms with Gasteiger partial charge in [-0.15, -0.1) is 0 Å². The minimum atomic E-state index is -0.613. The van der Waals surface area contributed by atoms with E-state index in [0.29, 0.717) is 5.39 Å². The van der Waals surface area contributed by atoms with Gasteiger partial charge >= 0.3 is 5.97 Å². The van der Waals surface area contributed by atoms with Gasteiger partial charge in [0.05, 0.1) is 5.52 Å². The van der Waals surface area contributed by atoms with E-state index in [2.05, 4.69) is 10.2 Å². The highest BCUT2D eigenvalue weighted by atomic mass is 17.2. The molecule has 0 radical (unpaired) electrons. The van der Waals surface area contributed by atoms with Gasteiger partial charge in [-0.2, -0.15) is 9.99 Å². The van der Waals surface area contributed by atoms with Gasteiger partial charge in [0, 0.05) is 5.39 Å². The summed E-state index contributed by atoms with van der Waals surface area (Å²) in [5.74, 6) is -0.613. The Bertz CT molecular complexity index is 722. The summed E-state index contributed by atoms with van der Waals surface area (Å²) in [6, 6.07) is 16.8. The lowest BCUT2D eigenvalue weighted by Crippen LogP contribution is -2.07. The third-order valence-corrected chi connectivity index (χ3v) is 2.87. The number of nitrogens with zero attached hydrogens (tertiary/aromatic N) is 1. The molecular formula is C15H12N2O3. The van der Waals surface area contributed by atoms with E-state index in [1.807, 2.05) is 48.5 Å². The lowest BCUT2D eigenvalue weighted by atomic mass is 10.2. The Morgan fingerprint density at radius 2 is 1.80 bits per heavy atom. The summed E-state index contributed by atoms with van der Waals surface area (Å²) in [4.78, 5) is 21.6. The summed E-state index contributed by atoms with van der Waals surface area (Å²) in [6.07, 6.45) is 0. The highest BCUT2D eigenvalue weighted by Crippen LogP contribution is 2.16. The van der Waals surface area contributed by atoms with Crippen LogP contribution in [0.25, 0.3) is 10.9 Å². The fourth-order valence-corrected chi connectivity index (χ4v) is 1.88. The van der Waals surface area contributed by atoms with Gasteiger partial charge in [0.15, 0.2) is 5.69 Å². The fourth-order valence-electron chi connectivity index (χ4n) is 1.88. The largest absolute Gasteiger partial charge is 0.393 e. The lowest BCUT2D eigenvalue weighted by Gasteiger charge is -2.02. The molecule has 0 saturated heterocycles. The zero-order chi connectivity index (χ0) is 13.8. The monoisotopic (exact) mass is 268 g/mol. The maximum absolute atomic E-state index is 11.9. The maximum atomic E-state index is 11.9. The Hall–Kier alpha value is -2.66. The summed E-state index contributed by atoms with van der Waals surface area (Å²) < 4.78 is 0. The number of fused-ring (bicyclic) bond motifs is 1. The predicted molar refractivity (Wildman–Crippen MR) is 72.7 cm³/mol. The molecule has 5 heteroatoms. The molecular weight excluding hydrogens is 256 g/mol. The number of rotatable bonds is 4. The first kappa shape index (κ1) is 12.4. The molecule has 0 spiro atoms. The van der Waals surface area contributed by atoms with Crippen LogP contribution in [0, 0.1) is 0 Å². The molecule has 1 N–H and O–H groups in total. The number of nitrogens with one attached hydrogen (secondary N) is 1. The highest BCUT2D eigenvalue weighted by Gasteiger charge is 2.16. The molecule has 0 unspecified atom stereocenters. The molecule has 0 saturated carbocycles. The fraction of sp³-hybridized carbons (Fsp3) is 0.0667. The third-order valence-electron chi connectivity index (χ3n) is 2.87. The molecule has 1 heterocycles. The molecule has 0 aliphatic rings. The van der Waals surface area contributed by atoms with Crippen LogP contribution in [0.1, 0.15) is 16.1 Å². The number of carbonyl (C=O) groups excluding carboxylic acids is 1. The van der Waals surface area contributed by atoms with E-state index in [1.165, 1.54) is 0 Å². The molecule has 0 aliphatic heterocycles. The standard InChI is InChI=1S/C15H12N2O3/c18-15(20-19-10-11-6-2-1-3-7-11)14-12-8-4-5-9-13(12)16-17-14/h1-9H,10H2,(H,16,17). The zero-order valence-corrected chi connectivity index (χ0v) is 10.6. The van der Waals surface area contributed by atoms with Crippen LogP contribution in [0.5, 0.6) is 0 Å². The van der Waals surface area contributed by atoms with Gasteiger partial charge in [0.1, 0.15) is 6.61 Å². The molecule has 1 aromatic heterocycles. The smallest absolute Gasteiger partial charge is 0.291 e. The second-order valence-electron chi connectivity index (χ2n) is 4.24.